The molecule has 0 saturated carbocycles. The zero-order valence-electron chi connectivity index (χ0n) is 17.8. The quantitative estimate of drug-likeness (QED) is 0.500. The van der Waals surface area contributed by atoms with Crippen LogP contribution in [0.15, 0.2) is 42.5 Å². The fourth-order valence-electron chi connectivity index (χ4n) is 3.43. The molecule has 0 saturated heterocycles. The number of anilines is 1. The Kier molecular flexibility index (Phi) is 6.63. The van der Waals surface area contributed by atoms with Crippen molar-refractivity contribution in [2.45, 2.75) is 25.1 Å². The van der Waals surface area contributed by atoms with Crippen molar-refractivity contribution in [1.29, 1.82) is 0 Å². The highest BCUT2D eigenvalue weighted by Crippen LogP contribution is 2.40. The summed E-state index contributed by atoms with van der Waals surface area (Å²) in [5.41, 5.74) is 1.45. The number of hydrogen-bond acceptors (Lipinski definition) is 3. The lowest BCUT2D eigenvalue weighted by Gasteiger charge is -2.24. The zero-order valence-corrected chi connectivity index (χ0v) is 17.8. The minimum absolute atomic E-state index is 0.285. The Hall–Kier alpha value is -3.57. The number of nitrogens with zero attached hydrogens (tertiary/aromatic N) is 1. The summed E-state index contributed by atoms with van der Waals surface area (Å²) in [6.45, 7) is -1.04. The third-order valence-electron chi connectivity index (χ3n) is 5.43. The van der Waals surface area contributed by atoms with Crippen molar-refractivity contribution < 1.29 is 40.7 Å². The van der Waals surface area contributed by atoms with Gasteiger partial charge in [0.1, 0.15) is 17.8 Å². The van der Waals surface area contributed by atoms with Crippen LogP contribution in [0.4, 0.5) is 32.0 Å². The van der Waals surface area contributed by atoms with E-state index in [4.69, 9.17) is 0 Å². The van der Waals surface area contributed by atoms with Gasteiger partial charge in [-0.1, -0.05) is 24.3 Å². The molecular formula is C22H19F6N3O3. The first-order valence-corrected chi connectivity index (χ1v) is 9.93. The van der Waals surface area contributed by atoms with Crippen LogP contribution in [0.3, 0.4) is 0 Å². The van der Waals surface area contributed by atoms with Crippen molar-refractivity contribution in [3.05, 3.63) is 53.8 Å². The van der Waals surface area contributed by atoms with Crippen LogP contribution in [-0.4, -0.2) is 43.4 Å². The highest BCUT2D eigenvalue weighted by molar-refractivity contribution is 6.07. The molecule has 6 nitrogen and oxygen atoms in total. The van der Waals surface area contributed by atoms with Crippen LogP contribution >= 0.6 is 0 Å². The Bertz CT molecular complexity index is 1140. The predicted octanol–water partition coefficient (Wildman–Crippen LogP) is 3.58. The lowest BCUT2D eigenvalue weighted by molar-refractivity contribution is -0.278. The summed E-state index contributed by atoms with van der Waals surface area (Å²) in [7, 11) is 1.40. The van der Waals surface area contributed by atoms with E-state index in [0.717, 1.165) is 13.0 Å². The average molecular weight is 487 g/mol. The maximum Gasteiger partial charge on any atom is 0.455 e. The van der Waals surface area contributed by atoms with Gasteiger partial charge in [-0.05, 0) is 36.2 Å². The third kappa shape index (κ3) is 4.70. The van der Waals surface area contributed by atoms with Gasteiger partial charge in [-0.3, -0.25) is 14.4 Å². The Morgan fingerprint density at radius 3 is 2.32 bits per heavy atom. The molecule has 2 N–H and O–H groups in total. The van der Waals surface area contributed by atoms with Gasteiger partial charge >= 0.3 is 12.1 Å². The second-order valence-corrected chi connectivity index (χ2v) is 7.73. The second-order valence-electron chi connectivity index (χ2n) is 7.73. The molecule has 34 heavy (non-hydrogen) atoms. The largest absolute Gasteiger partial charge is 0.455 e. The van der Waals surface area contributed by atoms with Crippen molar-refractivity contribution in [3.63, 3.8) is 0 Å². The molecule has 182 valence electrons. The van der Waals surface area contributed by atoms with Gasteiger partial charge in [0, 0.05) is 12.6 Å². The molecule has 0 aromatic heterocycles. The van der Waals surface area contributed by atoms with E-state index >= 15 is 0 Å². The van der Waals surface area contributed by atoms with Gasteiger partial charge in [0.25, 0.3) is 5.91 Å². The number of likely N-dealkylation sites (N-methyl/N-ethyl adjacent to an activating group) is 1. The van der Waals surface area contributed by atoms with Gasteiger partial charge in [-0.15, -0.1) is 0 Å². The fraction of sp³-hybridized carbons (Fsp3) is 0.318. The number of amides is 3. The first-order valence-electron chi connectivity index (χ1n) is 9.93. The Morgan fingerprint density at radius 1 is 1.03 bits per heavy atom. The number of carbonyl (C=O) groups is 3. The molecule has 3 amide bonds. The van der Waals surface area contributed by atoms with Gasteiger partial charge in [-0.2, -0.15) is 22.0 Å². The monoisotopic (exact) mass is 487 g/mol. The van der Waals surface area contributed by atoms with Crippen LogP contribution < -0.4 is 15.5 Å². The van der Waals surface area contributed by atoms with Crippen LogP contribution in [0, 0.1) is 11.7 Å². The van der Waals surface area contributed by atoms with Crippen molar-refractivity contribution >= 4 is 23.4 Å². The molecule has 0 bridgehead atoms. The van der Waals surface area contributed by atoms with Gasteiger partial charge in [0.2, 0.25) is 11.8 Å². The number of benzene rings is 2. The molecule has 1 heterocycles. The van der Waals surface area contributed by atoms with Gasteiger partial charge in [-0.25, -0.2) is 4.39 Å². The number of hydrogen-bond donors (Lipinski definition) is 2. The van der Waals surface area contributed by atoms with Crippen molar-refractivity contribution in [2.75, 3.05) is 18.5 Å². The highest BCUT2D eigenvalue weighted by atomic mass is 19.4. The Balaban J connectivity index is 1.85. The van der Waals surface area contributed by atoms with Gasteiger partial charge in [0.05, 0.1) is 12.2 Å². The summed E-state index contributed by atoms with van der Waals surface area (Å²) in [6.07, 6.45) is -5.87. The van der Waals surface area contributed by atoms with Gasteiger partial charge in [0.15, 0.2) is 0 Å². The van der Waals surface area contributed by atoms with E-state index < -0.39 is 54.1 Å². The summed E-state index contributed by atoms with van der Waals surface area (Å²) in [6, 6.07) is 8.77. The molecule has 2 aromatic carbocycles. The molecule has 12 heteroatoms. The third-order valence-corrected chi connectivity index (χ3v) is 5.43. The lowest BCUT2D eigenvalue weighted by Crippen LogP contribution is -2.50. The number of halogens is 6. The Labute approximate surface area is 189 Å². The van der Waals surface area contributed by atoms with Crippen LogP contribution in [0.2, 0.25) is 0 Å². The molecule has 2 atom stereocenters. The maximum atomic E-state index is 13.9. The number of nitrogens with one attached hydrogen (secondary N) is 2. The minimum Gasteiger partial charge on any atom is -0.349 e. The fourth-order valence-corrected chi connectivity index (χ4v) is 3.43. The number of rotatable bonds is 5. The molecule has 2 unspecified atom stereocenters. The van der Waals surface area contributed by atoms with E-state index in [1.807, 2.05) is 0 Å². The first-order chi connectivity index (χ1) is 15.7. The van der Waals surface area contributed by atoms with Crippen LogP contribution in [-0.2, 0) is 14.4 Å². The lowest BCUT2D eigenvalue weighted by atomic mass is 9.95. The first kappa shape index (κ1) is 25.1. The normalized spacial score (nSPS) is 16.8. The molecule has 1 aliphatic rings. The Morgan fingerprint density at radius 2 is 1.68 bits per heavy atom. The molecular weight excluding hydrogens is 468 g/mol. The molecule has 0 aliphatic carbocycles. The van der Waals surface area contributed by atoms with Gasteiger partial charge < -0.3 is 15.5 Å². The maximum absolute atomic E-state index is 13.9. The number of fused-ring (bicyclic) bond motifs is 3. The summed E-state index contributed by atoms with van der Waals surface area (Å²) < 4.78 is 77.0. The van der Waals surface area contributed by atoms with Crippen LogP contribution in [0.1, 0.15) is 18.5 Å². The summed E-state index contributed by atoms with van der Waals surface area (Å²) in [5, 5.41) is 3.77. The van der Waals surface area contributed by atoms with E-state index in [1.54, 1.807) is 18.2 Å². The molecule has 0 radical (unpaired) electrons. The minimum atomic E-state index is -5.87. The van der Waals surface area contributed by atoms with Crippen molar-refractivity contribution in [1.82, 2.24) is 10.6 Å². The van der Waals surface area contributed by atoms with E-state index in [-0.39, 0.29) is 5.56 Å². The van der Waals surface area contributed by atoms with E-state index in [9.17, 15) is 40.7 Å². The van der Waals surface area contributed by atoms with Crippen LogP contribution in [0.25, 0.3) is 11.1 Å². The smallest absolute Gasteiger partial charge is 0.349 e. The molecule has 2 aromatic rings. The van der Waals surface area contributed by atoms with E-state index in [2.05, 4.69) is 5.32 Å². The number of carbonyl (C=O) groups excluding carboxylic acids is 3. The molecule has 0 fully saturated rings. The SMILES string of the molecule is CC(C(=O)NCC(F)(F)C(F)(F)F)C(=O)NC1C(=O)N(C)c2ccc(F)cc2-c2ccccc21. The topological polar surface area (TPSA) is 78.5 Å². The molecule has 3 rings (SSSR count). The standard InChI is InChI=1S/C22H19F6N3O3/c1-11(18(32)29-10-21(24,25)22(26,27)28)19(33)30-17-14-6-4-3-5-13(14)15-9-12(23)7-8-16(15)31(2)20(17)34/h3-9,11,17H,10H2,1-2H3,(H,29,32)(H,30,33). The van der Waals surface area contributed by atoms with E-state index in [1.165, 1.54) is 35.5 Å². The summed E-state index contributed by atoms with van der Waals surface area (Å²) in [4.78, 5) is 39.1. The average Bonchev–Trinajstić information content (AvgIpc) is 2.85. The second kappa shape index (κ2) is 8.99. The molecule has 1 aliphatic heterocycles. The van der Waals surface area contributed by atoms with Crippen LogP contribution in [0.5, 0.6) is 0 Å². The summed E-state index contributed by atoms with van der Waals surface area (Å²) >= 11 is 0. The van der Waals surface area contributed by atoms with Crippen molar-refractivity contribution in [2.24, 2.45) is 5.92 Å². The zero-order chi connectivity index (χ0) is 25.4. The number of alkyl halides is 5. The van der Waals surface area contributed by atoms with E-state index in [0.29, 0.717) is 16.8 Å². The summed E-state index contributed by atoms with van der Waals surface area (Å²) in [5.74, 6) is -10.5. The molecule has 0 spiro atoms. The highest BCUT2D eigenvalue weighted by Gasteiger charge is 2.57. The van der Waals surface area contributed by atoms with Crippen molar-refractivity contribution in [3.8, 4) is 11.1 Å². The predicted molar refractivity (Wildman–Crippen MR) is 109 cm³/mol.